The van der Waals surface area contributed by atoms with Crippen LogP contribution in [-0.4, -0.2) is 0 Å². The van der Waals surface area contributed by atoms with Crippen molar-refractivity contribution >= 4 is 0 Å². The van der Waals surface area contributed by atoms with Gasteiger partial charge >= 0.3 is 0 Å². The van der Waals surface area contributed by atoms with Crippen molar-refractivity contribution in [3.8, 4) is 0 Å². The molecular formula is C15H21F. The van der Waals surface area contributed by atoms with Crippen molar-refractivity contribution in [1.29, 1.82) is 0 Å². The van der Waals surface area contributed by atoms with E-state index in [1.165, 1.54) is 19.3 Å². The van der Waals surface area contributed by atoms with Gasteiger partial charge in [0.2, 0.25) is 0 Å². The van der Waals surface area contributed by atoms with Gasteiger partial charge in [-0.25, -0.2) is 4.39 Å². The lowest BCUT2D eigenvalue weighted by molar-refractivity contribution is 0.521. The lowest BCUT2D eigenvalue weighted by Crippen LogP contribution is -2.13. The van der Waals surface area contributed by atoms with Crippen LogP contribution in [-0.2, 0) is 11.8 Å². The van der Waals surface area contributed by atoms with Crippen LogP contribution in [0.5, 0.6) is 0 Å². The van der Waals surface area contributed by atoms with Gasteiger partial charge in [-0.3, -0.25) is 0 Å². The second-order valence-corrected chi connectivity index (χ2v) is 6.05. The molecule has 0 aliphatic heterocycles. The van der Waals surface area contributed by atoms with Gasteiger partial charge in [-0.2, -0.15) is 0 Å². The summed E-state index contributed by atoms with van der Waals surface area (Å²) in [6, 6.07) is 5.77. The van der Waals surface area contributed by atoms with Crippen LogP contribution < -0.4 is 0 Å². The average molecular weight is 220 g/mol. The summed E-state index contributed by atoms with van der Waals surface area (Å²) in [7, 11) is 0. The summed E-state index contributed by atoms with van der Waals surface area (Å²) in [5.41, 5.74) is 1.87. The number of halogens is 1. The minimum atomic E-state index is -0.0981. The van der Waals surface area contributed by atoms with Crippen LogP contribution in [0.15, 0.2) is 18.2 Å². The molecule has 1 aromatic rings. The first-order valence-electron chi connectivity index (χ1n) is 6.26. The summed E-state index contributed by atoms with van der Waals surface area (Å²) in [5.74, 6) is 0.881. The van der Waals surface area contributed by atoms with Crippen LogP contribution in [0.2, 0.25) is 0 Å². The van der Waals surface area contributed by atoms with Crippen LogP contribution >= 0.6 is 0 Å². The first kappa shape index (κ1) is 11.6. The SMILES string of the molecule is CC(C)(C)c1ccc(CCC2CC2)cc1F. The van der Waals surface area contributed by atoms with Crippen molar-refractivity contribution in [2.24, 2.45) is 5.92 Å². The first-order valence-corrected chi connectivity index (χ1v) is 6.26. The molecule has 1 fully saturated rings. The smallest absolute Gasteiger partial charge is 0.127 e. The molecule has 1 aliphatic rings. The Morgan fingerprint density at radius 2 is 1.94 bits per heavy atom. The zero-order valence-corrected chi connectivity index (χ0v) is 10.5. The highest BCUT2D eigenvalue weighted by molar-refractivity contribution is 5.29. The number of benzene rings is 1. The van der Waals surface area contributed by atoms with Crippen molar-refractivity contribution in [2.75, 3.05) is 0 Å². The minimum absolute atomic E-state index is 0.0409. The summed E-state index contributed by atoms with van der Waals surface area (Å²) >= 11 is 0. The van der Waals surface area contributed by atoms with Gasteiger partial charge in [0, 0.05) is 0 Å². The maximum Gasteiger partial charge on any atom is 0.127 e. The van der Waals surface area contributed by atoms with Crippen LogP contribution in [0.3, 0.4) is 0 Å². The molecule has 0 bridgehead atoms. The lowest BCUT2D eigenvalue weighted by Gasteiger charge is -2.20. The standard InChI is InChI=1S/C15H21F/c1-15(2,3)13-9-8-12(10-14(13)16)7-6-11-4-5-11/h8-11H,4-7H2,1-3H3. The third kappa shape index (κ3) is 2.84. The molecule has 88 valence electrons. The second-order valence-electron chi connectivity index (χ2n) is 6.05. The molecule has 1 aromatic carbocycles. The molecule has 1 aliphatic carbocycles. The largest absolute Gasteiger partial charge is 0.207 e. The van der Waals surface area contributed by atoms with Crippen LogP contribution in [0, 0.1) is 11.7 Å². The van der Waals surface area contributed by atoms with Gasteiger partial charge in [0.1, 0.15) is 5.82 Å². The maximum absolute atomic E-state index is 13.9. The summed E-state index contributed by atoms with van der Waals surface area (Å²) in [4.78, 5) is 0. The quantitative estimate of drug-likeness (QED) is 0.705. The normalized spacial score (nSPS) is 16.5. The molecule has 0 nitrogen and oxygen atoms in total. The van der Waals surface area contributed by atoms with E-state index in [0.717, 1.165) is 23.5 Å². The number of hydrogen-bond donors (Lipinski definition) is 0. The topological polar surface area (TPSA) is 0 Å². The highest BCUT2D eigenvalue weighted by Gasteiger charge is 2.21. The van der Waals surface area contributed by atoms with E-state index in [1.54, 1.807) is 6.07 Å². The lowest BCUT2D eigenvalue weighted by atomic mass is 9.86. The Hall–Kier alpha value is -0.850. The average Bonchev–Trinajstić information content (AvgIpc) is 2.96. The fourth-order valence-electron chi connectivity index (χ4n) is 2.10. The van der Waals surface area contributed by atoms with E-state index in [1.807, 2.05) is 6.07 Å². The summed E-state index contributed by atoms with van der Waals surface area (Å²) in [5, 5.41) is 0. The van der Waals surface area contributed by atoms with Gasteiger partial charge in [-0.05, 0) is 41.4 Å². The molecule has 0 radical (unpaired) electrons. The Labute approximate surface area is 97.9 Å². The fraction of sp³-hybridized carbons (Fsp3) is 0.600. The zero-order chi connectivity index (χ0) is 11.8. The van der Waals surface area contributed by atoms with Crippen LogP contribution in [0.4, 0.5) is 4.39 Å². The first-order chi connectivity index (χ1) is 7.47. The highest BCUT2D eigenvalue weighted by Crippen LogP contribution is 2.34. The maximum atomic E-state index is 13.9. The van der Waals surface area contributed by atoms with E-state index in [4.69, 9.17) is 0 Å². The van der Waals surface area contributed by atoms with Gasteiger partial charge < -0.3 is 0 Å². The Kier molecular flexibility index (Phi) is 3.05. The molecule has 0 amide bonds. The molecule has 0 heterocycles. The molecule has 2 rings (SSSR count). The van der Waals surface area contributed by atoms with Gasteiger partial charge in [-0.15, -0.1) is 0 Å². The molecule has 1 heteroatoms. The predicted molar refractivity (Wildman–Crippen MR) is 66.1 cm³/mol. The number of aryl methyl sites for hydroxylation is 1. The Balaban J connectivity index is 2.08. The molecule has 16 heavy (non-hydrogen) atoms. The minimum Gasteiger partial charge on any atom is -0.207 e. The van der Waals surface area contributed by atoms with Gasteiger partial charge in [0.25, 0.3) is 0 Å². The van der Waals surface area contributed by atoms with Crippen LogP contribution in [0.1, 0.15) is 51.2 Å². The van der Waals surface area contributed by atoms with Crippen molar-refractivity contribution < 1.29 is 4.39 Å². The predicted octanol–water partition coefficient (Wildman–Crippen LogP) is 4.47. The molecule has 0 atom stereocenters. The van der Waals surface area contributed by atoms with Crippen molar-refractivity contribution in [3.05, 3.63) is 35.1 Å². The van der Waals surface area contributed by atoms with Crippen molar-refractivity contribution in [2.45, 2.75) is 51.9 Å². The van der Waals surface area contributed by atoms with E-state index in [9.17, 15) is 4.39 Å². The molecule has 1 saturated carbocycles. The molecule has 0 aromatic heterocycles. The molecule has 0 unspecified atom stereocenters. The third-order valence-corrected chi connectivity index (χ3v) is 3.38. The Bertz CT molecular complexity index is 370. The van der Waals surface area contributed by atoms with E-state index in [0.29, 0.717) is 0 Å². The highest BCUT2D eigenvalue weighted by atomic mass is 19.1. The number of rotatable bonds is 3. The van der Waals surface area contributed by atoms with E-state index < -0.39 is 0 Å². The van der Waals surface area contributed by atoms with Gasteiger partial charge in [0.15, 0.2) is 0 Å². The monoisotopic (exact) mass is 220 g/mol. The number of hydrogen-bond acceptors (Lipinski definition) is 0. The molecular weight excluding hydrogens is 199 g/mol. The Morgan fingerprint density at radius 3 is 2.44 bits per heavy atom. The summed E-state index contributed by atoms with van der Waals surface area (Å²) < 4.78 is 13.9. The summed E-state index contributed by atoms with van der Waals surface area (Å²) in [6.45, 7) is 6.15. The van der Waals surface area contributed by atoms with E-state index in [-0.39, 0.29) is 11.2 Å². The zero-order valence-electron chi connectivity index (χ0n) is 10.5. The third-order valence-electron chi connectivity index (χ3n) is 3.38. The van der Waals surface area contributed by atoms with Crippen molar-refractivity contribution in [1.82, 2.24) is 0 Å². The Morgan fingerprint density at radius 1 is 1.25 bits per heavy atom. The molecule has 0 N–H and O–H groups in total. The molecule has 0 spiro atoms. The van der Waals surface area contributed by atoms with Crippen LogP contribution in [0.25, 0.3) is 0 Å². The molecule has 0 saturated heterocycles. The van der Waals surface area contributed by atoms with Crippen molar-refractivity contribution in [3.63, 3.8) is 0 Å². The van der Waals surface area contributed by atoms with E-state index in [2.05, 4.69) is 26.8 Å². The van der Waals surface area contributed by atoms with Gasteiger partial charge in [0.05, 0.1) is 0 Å². The van der Waals surface area contributed by atoms with E-state index >= 15 is 0 Å². The fourth-order valence-corrected chi connectivity index (χ4v) is 2.10. The van der Waals surface area contributed by atoms with Gasteiger partial charge in [-0.1, -0.05) is 45.7 Å². The second kappa shape index (κ2) is 4.20. The summed E-state index contributed by atoms with van der Waals surface area (Å²) in [6.07, 6.45) is 5.02.